The molecule has 1 saturated heterocycles. The van der Waals surface area contributed by atoms with E-state index in [1.165, 1.54) is 89.0 Å². The van der Waals surface area contributed by atoms with E-state index < -0.39 is 0 Å². The highest BCUT2D eigenvalue weighted by Crippen LogP contribution is 2.25. The number of rotatable bonds is 18. The Morgan fingerprint density at radius 3 is 1.72 bits per heavy atom. The molecule has 0 radical (unpaired) electrons. The van der Waals surface area contributed by atoms with Gasteiger partial charge in [0.15, 0.2) is 0 Å². The molecule has 2 amide bonds. The summed E-state index contributed by atoms with van der Waals surface area (Å²) in [5, 5.41) is 0. The van der Waals surface area contributed by atoms with E-state index >= 15 is 0 Å². The average Bonchev–Trinajstić information content (AvgIpc) is 3.04. The SMILES string of the molecule is CCCCCCCCCCCCC=C(C)C(CCCCCC)N1C(=O)CCC1=O. The summed E-state index contributed by atoms with van der Waals surface area (Å²) in [5.41, 5.74) is 1.22. The first-order valence-electron chi connectivity index (χ1n) is 12.6. The highest BCUT2D eigenvalue weighted by molar-refractivity contribution is 6.02. The lowest BCUT2D eigenvalue weighted by Crippen LogP contribution is -2.40. The molecule has 29 heavy (non-hydrogen) atoms. The van der Waals surface area contributed by atoms with Crippen molar-refractivity contribution in [1.82, 2.24) is 4.90 Å². The number of carbonyl (C=O) groups excluding carboxylic acids is 2. The Hall–Kier alpha value is -1.12. The zero-order valence-corrected chi connectivity index (χ0v) is 19.6. The number of nitrogens with zero attached hydrogens (tertiary/aromatic N) is 1. The lowest BCUT2D eigenvalue weighted by atomic mass is 9.98. The summed E-state index contributed by atoms with van der Waals surface area (Å²) in [6, 6.07) is -0.00234. The minimum atomic E-state index is -0.00234. The van der Waals surface area contributed by atoms with E-state index in [1.54, 1.807) is 4.90 Å². The highest BCUT2D eigenvalue weighted by atomic mass is 16.2. The number of hydrogen-bond acceptors (Lipinski definition) is 2. The van der Waals surface area contributed by atoms with Crippen LogP contribution in [0.1, 0.15) is 136 Å². The van der Waals surface area contributed by atoms with E-state index in [0.29, 0.717) is 12.8 Å². The molecule has 3 heteroatoms. The van der Waals surface area contributed by atoms with Gasteiger partial charge in [0.25, 0.3) is 0 Å². The fourth-order valence-corrected chi connectivity index (χ4v) is 4.36. The van der Waals surface area contributed by atoms with Crippen LogP contribution in [0.2, 0.25) is 0 Å². The van der Waals surface area contributed by atoms with Gasteiger partial charge in [-0.25, -0.2) is 0 Å². The molecule has 0 aromatic rings. The normalized spacial score (nSPS) is 16.1. The molecule has 1 atom stereocenters. The van der Waals surface area contributed by atoms with E-state index in [1.807, 2.05) is 0 Å². The molecule has 0 spiro atoms. The molecule has 1 aliphatic heterocycles. The van der Waals surface area contributed by atoms with E-state index in [9.17, 15) is 9.59 Å². The van der Waals surface area contributed by atoms with Gasteiger partial charge >= 0.3 is 0 Å². The van der Waals surface area contributed by atoms with Gasteiger partial charge in [-0.3, -0.25) is 14.5 Å². The van der Waals surface area contributed by atoms with Crippen molar-refractivity contribution in [2.45, 2.75) is 142 Å². The third-order valence-electron chi connectivity index (χ3n) is 6.28. The number of likely N-dealkylation sites (tertiary alicyclic amines) is 1. The molecule has 1 aliphatic rings. The van der Waals surface area contributed by atoms with Crippen LogP contribution in [0.4, 0.5) is 0 Å². The van der Waals surface area contributed by atoms with Crippen molar-refractivity contribution < 1.29 is 9.59 Å². The molecule has 1 heterocycles. The molecule has 168 valence electrons. The molecule has 1 rings (SSSR count). The van der Waals surface area contributed by atoms with Crippen LogP contribution in [0.3, 0.4) is 0 Å². The molecule has 1 fully saturated rings. The number of allylic oxidation sites excluding steroid dienone is 1. The first kappa shape index (κ1) is 25.9. The van der Waals surface area contributed by atoms with Crippen LogP contribution in [0.5, 0.6) is 0 Å². The predicted octanol–water partition coefficient (Wildman–Crippen LogP) is 7.73. The molecule has 3 nitrogen and oxygen atoms in total. The van der Waals surface area contributed by atoms with Crippen LogP contribution in [-0.4, -0.2) is 22.8 Å². The van der Waals surface area contributed by atoms with Gasteiger partial charge in [-0.15, -0.1) is 0 Å². The topological polar surface area (TPSA) is 37.4 Å². The summed E-state index contributed by atoms with van der Waals surface area (Å²) in [5.74, 6) is 0.0596. The van der Waals surface area contributed by atoms with Gasteiger partial charge < -0.3 is 0 Å². The summed E-state index contributed by atoms with van der Waals surface area (Å²) in [4.78, 5) is 26.1. The second-order valence-corrected chi connectivity index (χ2v) is 8.94. The summed E-state index contributed by atoms with van der Waals surface area (Å²) in [6.07, 6.45) is 23.4. The van der Waals surface area contributed by atoms with Crippen LogP contribution in [0, 0.1) is 0 Å². The van der Waals surface area contributed by atoms with Crippen molar-refractivity contribution >= 4 is 11.8 Å². The van der Waals surface area contributed by atoms with Crippen molar-refractivity contribution in [1.29, 1.82) is 0 Å². The van der Waals surface area contributed by atoms with Gasteiger partial charge in [-0.1, -0.05) is 109 Å². The van der Waals surface area contributed by atoms with E-state index in [-0.39, 0.29) is 17.9 Å². The second kappa shape index (κ2) is 16.7. The molecule has 0 aliphatic carbocycles. The lowest BCUT2D eigenvalue weighted by molar-refractivity contribution is -0.140. The van der Waals surface area contributed by atoms with Crippen molar-refractivity contribution in [3.63, 3.8) is 0 Å². The maximum atomic E-state index is 12.3. The maximum Gasteiger partial charge on any atom is 0.230 e. The Balaban J connectivity index is 2.32. The van der Waals surface area contributed by atoms with Crippen molar-refractivity contribution in [3.05, 3.63) is 11.6 Å². The average molecular weight is 406 g/mol. The smallest absolute Gasteiger partial charge is 0.230 e. The fourth-order valence-electron chi connectivity index (χ4n) is 4.36. The van der Waals surface area contributed by atoms with Crippen molar-refractivity contribution in [2.75, 3.05) is 0 Å². The van der Waals surface area contributed by atoms with Gasteiger partial charge in [0.1, 0.15) is 0 Å². The molecule has 0 saturated carbocycles. The van der Waals surface area contributed by atoms with Crippen LogP contribution >= 0.6 is 0 Å². The summed E-state index contributed by atoms with van der Waals surface area (Å²) in [6.45, 7) is 6.61. The Labute approximate surface area is 180 Å². The van der Waals surface area contributed by atoms with Crippen LogP contribution in [0.25, 0.3) is 0 Å². The number of amides is 2. The molecule has 1 unspecified atom stereocenters. The molecule has 0 bridgehead atoms. The van der Waals surface area contributed by atoms with Gasteiger partial charge in [0.2, 0.25) is 11.8 Å². The third-order valence-corrected chi connectivity index (χ3v) is 6.28. The van der Waals surface area contributed by atoms with Gasteiger partial charge in [0.05, 0.1) is 6.04 Å². The Bertz CT molecular complexity index is 467. The van der Waals surface area contributed by atoms with E-state index in [0.717, 1.165) is 19.3 Å². The van der Waals surface area contributed by atoms with Crippen molar-refractivity contribution in [3.8, 4) is 0 Å². The second-order valence-electron chi connectivity index (χ2n) is 8.94. The number of hydrogen-bond donors (Lipinski definition) is 0. The van der Waals surface area contributed by atoms with E-state index in [2.05, 4.69) is 26.8 Å². The molecule has 0 aromatic carbocycles. The zero-order chi connectivity index (χ0) is 21.3. The predicted molar refractivity (Wildman–Crippen MR) is 124 cm³/mol. The lowest BCUT2D eigenvalue weighted by Gasteiger charge is -2.27. The van der Waals surface area contributed by atoms with Crippen LogP contribution < -0.4 is 0 Å². The van der Waals surface area contributed by atoms with Crippen LogP contribution in [0.15, 0.2) is 11.6 Å². The quantitative estimate of drug-likeness (QED) is 0.133. The van der Waals surface area contributed by atoms with Gasteiger partial charge in [-0.05, 0) is 26.2 Å². The Morgan fingerprint density at radius 2 is 1.21 bits per heavy atom. The zero-order valence-electron chi connectivity index (χ0n) is 19.6. The Morgan fingerprint density at radius 1 is 0.759 bits per heavy atom. The Kier molecular flexibility index (Phi) is 14.9. The van der Waals surface area contributed by atoms with Gasteiger partial charge in [-0.2, -0.15) is 0 Å². The molecular formula is C26H47NO2. The first-order valence-corrected chi connectivity index (χ1v) is 12.6. The van der Waals surface area contributed by atoms with Crippen LogP contribution in [-0.2, 0) is 9.59 Å². The standard InChI is InChI=1S/C26H47NO2/c1-4-6-8-10-11-12-13-14-15-16-17-19-23(3)24(20-18-9-7-5-2)27-25(28)21-22-26(27)29/h19,24H,4-18,20-22H2,1-3H3. The number of imide groups is 1. The third kappa shape index (κ3) is 11.0. The highest BCUT2D eigenvalue weighted by Gasteiger charge is 2.35. The summed E-state index contributed by atoms with van der Waals surface area (Å²) in [7, 11) is 0. The number of carbonyl (C=O) groups is 2. The van der Waals surface area contributed by atoms with Crippen molar-refractivity contribution in [2.24, 2.45) is 0 Å². The summed E-state index contributed by atoms with van der Waals surface area (Å²) >= 11 is 0. The molecular weight excluding hydrogens is 358 g/mol. The fraction of sp³-hybridized carbons (Fsp3) is 0.846. The van der Waals surface area contributed by atoms with Gasteiger partial charge in [0, 0.05) is 12.8 Å². The minimum absolute atomic E-state index is 0.00234. The molecule has 0 aromatic heterocycles. The van der Waals surface area contributed by atoms with E-state index in [4.69, 9.17) is 0 Å². The largest absolute Gasteiger partial charge is 0.275 e. The first-order chi connectivity index (χ1) is 14.1. The monoisotopic (exact) mass is 405 g/mol. The molecule has 0 N–H and O–H groups in total. The maximum absolute atomic E-state index is 12.3. The number of unbranched alkanes of at least 4 members (excludes halogenated alkanes) is 13. The minimum Gasteiger partial charge on any atom is -0.275 e. The summed E-state index contributed by atoms with van der Waals surface area (Å²) < 4.78 is 0.